The van der Waals surface area contributed by atoms with Gasteiger partial charge < -0.3 is 14.4 Å². The molecule has 6 nitrogen and oxygen atoms in total. The quantitative estimate of drug-likeness (QED) is 0.819. The molecule has 0 radical (unpaired) electrons. The SMILES string of the molecule is Cn1ccnc1C1CCN(C(=O)C2CCCCC2C(=O)N2CCCC2)CC1. The molecule has 0 spiro atoms. The average molecular weight is 373 g/mol. The Kier molecular flexibility index (Phi) is 5.50. The van der Waals surface area contributed by atoms with Crippen LogP contribution in [-0.2, 0) is 16.6 Å². The molecule has 2 unspecified atom stereocenters. The van der Waals surface area contributed by atoms with E-state index < -0.39 is 0 Å². The van der Waals surface area contributed by atoms with Gasteiger partial charge in [0, 0.05) is 63.4 Å². The molecule has 1 aliphatic carbocycles. The largest absolute Gasteiger partial charge is 0.342 e. The molecule has 2 atom stereocenters. The van der Waals surface area contributed by atoms with Gasteiger partial charge in [-0.15, -0.1) is 0 Å². The molecule has 2 aliphatic heterocycles. The number of likely N-dealkylation sites (tertiary alicyclic amines) is 2. The average Bonchev–Trinajstić information content (AvgIpc) is 3.39. The summed E-state index contributed by atoms with van der Waals surface area (Å²) in [6.07, 6.45) is 11.9. The van der Waals surface area contributed by atoms with Crippen molar-refractivity contribution in [3.63, 3.8) is 0 Å². The number of imidazole rings is 1. The van der Waals surface area contributed by atoms with E-state index in [0.29, 0.717) is 5.92 Å². The molecule has 0 N–H and O–H groups in total. The Balaban J connectivity index is 1.39. The highest BCUT2D eigenvalue weighted by atomic mass is 16.2. The fourth-order valence-electron chi connectivity index (χ4n) is 5.26. The Morgan fingerprint density at radius 1 is 0.852 bits per heavy atom. The number of nitrogens with zero attached hydrogens (tertiary/aromatic N) is 4. The Hall–Kier alpha value is -1.85. The minimum Gasteiger partial charge on any atom is -0.342 e. The van der Waals surface area contributed by atoms with E-state index in [1.807, 2.05) is 29.2 Å². The third-order valence-corrected chi connectivity index (χ3v) is 6.85. The summed E-state index contributed by atoms with van der Waals surface area (Å²) in [7, 11) is 2.04. The van der Waals surface area contributed by atoms with Crippen LogP contribution in [0.3, 0.4) is 0 Å². The number of aromatic nitrogens is 2. The van der Waals surface area contributed by atoms with Gasteiger partial charge in [-0.2, -0.15) is 0 Å². The van der Waals surface area contributed by atoms with Crippen molar-refractivity contribution in [2.45, 2.75) is 57.3 Å². The fraction of sp³-hybridized carbons (Fsp3) is 0.762. The van der Waals surface area contributed by atoms with Crippen LogP contribution in [0.1, 0.15) is 63.1 Å². The summed E-state index contributed by atoms with van der Waals surface area (Å²) >= 11 is 0. The minimum absolute atomic E-state index is 0.0865. The van der Waals surface area contributed by atoms with Crippen molar-refractivity contribution in [3.05, 3.63) is 18.2 Å². The van der Waals surface area contributed by atoms with Gasteiger partial charge in [-0.1, -0.05) is 12.8 Å². The number of carbonyl (C=O) groups excluding carboxylic acids is 2. The van der Waals surface area contributed by atoms with Crippen LogP contribution in [-0.4, -0.2) is 57.3 Å². The molecule has 2 saturated heterocycles. The molecular weight excluding hydrogens is 340 g/mol. The smallest absolute Gasteiger partial charge is 0.226 e. The van der Waals surface area contributed by atoms with Crippen molar-refractivity contribution in [2.24, 2.45) is 18.9 Å². The standard InChI is InChI=1S/C21H32N4O2/c1-23-15-10-22-19(23)16-8-13-25(14-9-16)21(27)18-7-3-2-6-17(18)20(26)24-11-4-5-12-24/h10,15-18H,2-9,11-14H2,1H3. The first-order valence-corrected chi connectivity index (χ1v) is 10.7. The van der Waals surface area contributed by atoms with Crippen molar-refractivity contribution < 1.29 is 9.59 Å². The molecule has 1 saturated carbocycles. The van der Waals surface area contributed by atoms with Gasteiger partial charge in [0.05, 0.1) is 0 Å². The Morgan fingerprint density at radius 2 is 1.41 bits per heavy atom. The van der Waals surface area contributed by atoms with E-state index in [1.165, 1.54) is 0 Å². The molecule has 1 aromatic rings. The highest BCUT2D eigenvalue weighted by Crippen LogP contribution is 2.35. The molecule has 6 heteroatoms. The molecule has 3 fully saturated rings. The zero-order chi connectivity index (χ0) is 18.8. The van der Waals surface area contributed by atoms with E-state index in [1.54, 1.807) is 0 Å². The van der Waals surface area contributed by atoms with Crippen molar-refractivity contribution in [3.8, 4) is 0 Å². The maximum atomic E-state index is 13.3. The predicted molar refractivity (Wildman–Crippen MR) is 103 cm³/mol. The number of hydrogen-bond donors (Lipinski definition) is 0. The van der Waals surface area contributed by atoms with E-state index in [9.17, 15) is 9.59 Å². The molecule has 27 heavy (non-hydrogen) atoms. The van der Waals surface area contributed by atoms with Crippen LogP contribution in [0, 0.1) is 11.8 Å². The minimum atomic E-state index is -0.100. The molecule has 148 valence electrons. The lowest BCUT2D eigenvalue weighted by atomic mass is 9.77. The Bertz CT molecular complexity index is 671. The lowest BCUT2D eigenvalue weighted by molar-refractivity contribution is -0.148. The van der Waals surface area contributed by atoms with Crippen molar-refractivity contribution in [1.29, 1.82) is 0 Å². The monoisotopic (exact) mass is 372 g/mol. The molecule has 4 rings (SSSR count). The Morgan fingerprint density at radius 3 is 1.93 bits per heavy atom. The van der Waals surface area contributed by atoms with Crippen molar-refractivity contribution in [1.82, 2.24) is 19.4 Å². The normalized spacial score (nSPS) is 27.1. The number of hydrogen-bond acceptors (Lipinski definition) is 3. The maximum absolute atomic E-state index is 13.3. The summed E-state index contributed by atoms with van der Waals surface area (Å²) in [5, 5.41) is 0. The predicted octanol–water partition coefficient (Wildman–Crippen LogP) is 2.55. The van der Waals surface area contributed by atoms with Crippen LogP contribution in [0.15, 0.2) is 12.4 Å². The summed E-state index contributed by atoms with van der Waals surface area (Å²) in [5.41, 5.74) is 0. The van der Waals surface area contributed by atoms with E-state index in [0.717, 1.165) is 83.4 Å². The summed E-state index contributed by atoms with van der Waals surface area (Å²) < 4.78 is 2.09. The summed E-state index contributed by atoms with van der Waals surface area (Å²) in [6, 6.07) is 0. The van der Waals surface area contributed by atoms with Crippen LogP contribution >= 0.6 is 0 Å². The van der Waals surface area contributed by atoms with Crippen LogP contribution in [0.5, 0.6) is 0 Å². The van der Waals surface area contributed by atoms with Gasteiger partial charge in [0.15, 0.2) is 0 Å². The maximum Gasteiger partial charge on any atom is 0.226 e. The van der Waals surface area contributed by atoms with Crippen molar-refractivity contribution >= 4 is 11.8 Å². The summed E-state index contributed by atoms with van der Waals surface area (Å²) in [4.78, 5) is 34.8. The molecular formula is C21H32N4O2. The molecule has 1 aromatic heterocycles. The van der Waals surface area contributed by atoms with Gasteiger partial charge in [-0.05, 0) is 38.5 Å². The molecule has 0 bridgehead atoms. The lowest BCUT2D eigenvalue weighted by Gasteiger charge is -2.38. The van der Waals surface area contributed by atoms with Crippen LogP contribution in [0.2, 0.25) is 0 Å². The van der Waals surface area contributed by atoms with E-state index in [-0.39, 0.29) is 23.7 Å². The molecule has 3 heterocycles. The topological polar surface area (TPSA) is 58.4 Å². The number of amides is 2. The highest BCUT2D eigenvalue weighted by molar-refractivity contribution is 5.88. The van der Waals surface area contributed by atoms with Crippen LogP contribution in [0.25, 0.3) is 0 Å². The van der Waals surface area contributed by atoms with Gasteiger partial charge >= 0.3 is 0 Å². The van der Waals surface area contributed by atoms with Gasteiger partial charge in [0.25, 0.3) is 0 Å². The first-order valence-electron chi connectivity index (χ1n) is 10.7. The van der Waals surface area contributed by atoms with Gasteiger partial charge in [-0.25, -0.2) is 4.98 Å². The van der Waals surface area contributed by atoms with Crippen LogP contribution < -0.4 is 0 Å². The third kappa shape index (κ3) is 3.76. The lowest BCUT2D eigenvalue weighted by Crippen LogP contribution is -2.48. The molecule has 0 aromatic carbocycles. The number of piperidine rings is 1. The number of carbonyl (C=O) groups is 2. The molecule has 3 aliphatic rings. The van der Waals surface area contributed by atoms with Gasteiger partial charge in [0.2, 0.25) is 11.8 Å². The highest BCUT2D eigenvalue weighted by Gasteiger charge is 2.40. The first-order chi connectivity index (χ1) is 13.1. The van der Waals surface area contributed by atoms with Gasteiger partial charge in [-0.3, -0.25) is 9.59 Å². The van der Waals surface area contributed by atoms with Crippen molar-refractivity contribution in [2.75, 3.05) is 26.2 Å². The third-order valence-electron chi connectivity index (χ3n) is 6.85. The van der Waals surface area contributed by atoms with E-state index in [4.69, 9.17) is 0 Å². The zero-order valence-electron chi connectivity index (χ0n) is 16.5. The van der Waals surface area contributed by atoms with E-state index >= 15 is 0 Å². The second-order valence-electron chi connectivity index (χ2n) is 8.53. The number of aryl methyl sites for hydroxylation is 1. The summed E-state index contributed by atoms with van der Waals surface area (Å²) in [6.45, 7) is 3.34. The second kappa shape index (κ2) is 8.03. The summed E-state index contributed by atoms with van der Waals surface area (Å²) in [5.74, 6) is 1.84. The fourth-order valence-corrected chi connectivity index (χ4v) is 5.26. The van der Waals surface area contributed by atoms with Crippen LogP contribution in [0.4, 0.5) is 0 Å². The number of rotatable bonds is 3. The second-order valence-corrected chi connectivity index (χ2v) is 8.53. The van der Waals surface area contributed by atoms with Gasteiger partial charge in [0.1, 0.15) is 5.82 Å². The van der Waals surface area contributed by atoms with E-state index in [2.05, 4.69) is 9.55 Å². The molecule has 2 amide bonds. The zero-order valence-corrected chi connectivity index (χ0v) is 16.5. The first kappa shape index (κ1) is 18.5. The Labute approximate surface area is 161 Å².